The number of ether oxygens (including phenoxy) is 5. The quantitative estimate of drug-likeness (QED) is 0.183. The fraction of sp³-hybridized carbons (Fsp3) is 0.781. The molecule has 49 heavy (non-hydrogen) atoms. The van der Waals surface area contributed by atoms with Crippen molar-refractivity contribution in [2.75, 3.05) is 33.3 Å². The van der Waals surface area contributed by atoms with Crippen LogP contribution in [-0.2, 0) is 34.9 Å². The van der Waals surface area contributed by atoms with Crippen molar-refractivity contribution in [3.8, 4) is 0 Å². The number of aromatic nitrogens is 2. The van der Waals surface area contributed by atoms with Gasteiger partial charge in [0, 0.05) is 32.6 Å². The van der Waals surface area contributed by atoms with Crippen LogP contribution in [0.5, 0.6) is 0 Å². The van der Waals surface area contributed by atoms with Gasteiger partial charge in [0.15, 0.2) is 5.82 Å². The van der Waals surface area contributed by atoms with Crippen LogP contribution < -0.4 is 21.3 Å². The summed E-state index contributed by atoms with van der Waals surface area (Å²) in [5.41, 5.74) is -2.48. The number of aryl methyl sites for hydroxylation is 1. The maximum absolute atomic E-state index is 11.9. The summed E-state index contributed by atoms with van der Waals surface area (Å²) in [5.74, 6) is -0.839. The fourth-order valence-electron chi connectivity index (χ4n) is 3.31. The van der Waals surface area contributed by atoms with E-state index >= 15 is 0 Å². The van der Waals surface area contributed by atoms with Crippen molar-refractivity contribution >= 4 is 30.3 Å². The third kappa shape index (κ3) is 23.6. The van der Waals surface area contributed by atoms with Crippen molar-refractivity contribution in [2.45, 2.75) is 125 Å². The molecule has 0 aromatic carbocycles. The monoisotopic (exact) mass is 702 g/mol. The molecule has 0 saturated heterocycles. The number of amides is 4. The predicted octanol–water partition coefficient (Wildman–Crippen LogP) is 4.59. The highest BCUT2D eigenvalue weighted by atomic mass is 16.6. The van der Waals surface area contributed by atoms with Crippen LogP contribution in [0.1, 0.15) is 108 Å². The molecule has 0 atom stereocenters. The minimum absolute atomic E-state index is 0.0304. The van der Waals surface area contributed by atoms with E-state index in [0.29, 0.717) is 18.1 Å². The van der Waals surface area contributed by atoms with Crippen LogP contribution >= 0.6 is 0 Å². The van der Waals surface area contributed by atoms with Gasteiger partial charge in [-0.05, 0) is 83.1 Å². The highest BCUT2D eigenvalue weighted by Crippen LogP contribution is 2.15. The standard InChI is InChI=1S/C17H30N4O5.C15H28N2O6/c1-8-12-20-13(26-21-12)11(9-18-14(22)24-16(2,3)4)10-19-15(23)25-17(5,6)7;1-14(2,3)22-12(19)16-8-10(11(18)21-7)9-17-13(20)23-15(4,5)6/h11H,8-10H2,1-7H3,(H,18,22)(H,19,23);10H,8-9H2,1-7H3,(H,16,19)(H,17,20). The molecule has 0 saturated carbocycles. The van der Waals surface area contributed by atoms with E-state index in [-0.39, 0.29) is 26.2 Å². The van der Waals surface area contributed by atoms with Gasteiger partial charge in [0.1, 0.15) is 22.4 Å². The molecule has 4 N–H and O–H groups in total. The van der Waals surface area contributed by atoms with Gasteiger partial charge in [0.05, 0.1) is 18.9 Å². The number of esters is 1. The number of rotatable bonds is 11. The molecule has 17 heteroatoms. The Balaban J connectivity index is 0.000000949. The molecule has 0 spiro atoms. The topological polar surface area (TPSA) is 219 Å². The second-order valence-electron chi connectivity index (χ2n) is 14.9. The van der Waals surface area contributed by atoms with Crippen LogP contribution in [0.3, 0.4) is 0 Å². The van der Waals surface area contributed by atoms with Gasteiger partial charge in [-0.2, -0.15) is 4.98 Å². The summed E-state index contributed by atoms with van der Waals surface area (Å²) in [7, 11) is 1.23. The van der Waals surface area contributed by atoms with Crippen molar-refractivity contribution < 1.29 is 52.2 Å². The molecule has 282 valence electrons. The fourth-order valence-corrected chi connectivity index (χ4v) is 3.31. The molecule has 1 aromatic rings. The average molecular weight is 703 g/mol. The van der Waals surface area contributed by atoms with E-state index in [1.54, 1.807) is 83.1 Å². The lowest BCUT2D eigenvalue weighted by Gasteiger charge is -2.22. The first kappa shape index (κ1) is 44.7. The molecule has 1 rings (SSSR count). The first-order chi connectivity index (χ1) is 22.2. The van der Waals surface area contributed by atoms with Crippen LogP contribution in [0, 0.1) is 5.92 Å². The van der Waals surface area contributed by atoms with E-state index in [1.165, 1.54) is 7.11 Å². The van der Waals surface area contributed by atoms with E-state index < -0.39 is 64.6 Å². The minimum atomic E-state index is -0.750. The largest absolute Gasteiger partial charge is 0.469 e. The number of nitrogens with one attached hydrogen (secondary N) is 4. The Labute approximate surface area is 289 Å². The Morgan fingerprint density at radius 1 is 0.612 bits per heavy atom. The maximum atomic E-state index is 11.9. The lowest BCUT2D eigenvalue weighted by atomic mass is 10.1. The highest BCUT2D eigenvalue weighted by molar-refractivity contribution is 5.76. The molecule has 17 nitrogen and oxygen atoms in total. The Hall–Kier alpha value is -4.31. The normalized spacial score (nSPS) is 11.8. The third-order valence-electron chi connectivity index (χ3n) is 5.25. The Morgan fingerprint density at radius 2 is 0.939 bits per heavy atom. The highest BCUT2D eigenvalue weighted by Gasteiger charge is 2.26. The molecule has 4 amide bonds. The summed E-state index contributed by atoms with van der Waals surface area (Å²) in [5, 5.41) is 14.1. The zero-order valence-corrected chi connectivity index (χ0v) is 31.6. The van der Waals surface area contributed by atoms with Gasteiger partial charge in [-0.15, -0.1) is 0 Å². The van der Waals surface area contributed by atoms with Gasteiger partial charge in [-0.1, -0.05) is 12.1 Å². The van der Waals surface area contributed by atoms with Crippen molar-refractivity contribution in [1.82, 2.24) is 31.4 Å². The SMILES string of the molecule is CCc1noc(C(CNC(=O)OC(C)(C)C)CNC(=O)OC(C)(C)C)n1.COC(=O)C(CNC(=O)OC(C)(C)C)CNC(=O)OC(C)(C)C. The lowest BCUT2D eigenvalue weighted by molar-refractivity contribution is -0.145. The van der Waals surface area contributed by atoms with E-state index in [9.17, 15) is 24.0 Å². The van der Waals surface area contributed by atoms with E-state index in [2.05, 4.69) is 36.1 Å². The van der Waals surface area contributed by atoms with Gasteiger partial charge in [-0.3, -0.25) is 4.79 Å². The number of nitrogens with zero attached hydrogens (tertiary/aromatic N) is 2. The molecule has 0 radical (unpaired) electrons. The Morgan fingerprint density at radius 3 is 1.20 bits per heavy atom. The summed E-state index contributed by atoms with van der Waals surface area (Å²) in [6.45, 7) is 23.2. The maximum Gasteiger partial charge on any atom is 0.407 e. The van der Waals surface area contributed by atoms with E-state index in [4.69, 9.17) is 23.5 Å². The summed E-state index contributed by atoms with van der Waals surface area (Å²) < 4.78 is 30.5. The number of alkyl carbamates (subject to hydrolysis) is 4. The average Bonchev–Trinajstić information content (AvgIpc) is 3.38. The summed E-state index contributed by atoms with van der Waals surface area (Å²) in [6.07, 6.45) is -1.80. The molecule has 0 aliphatic rings. The Kier molecular flexibility index (Phi) is 17.9. The molecular formula is C32H58N6O11. The molecule has 0 aliphatic carbocycles. The van der Waals surface area contributed by atoms with Gasteiger partial charge in [0.25, 0.3) is 0 Å². The molecule has 0 aliphatic heterocycles. The summed E-state index contributed by atoms with van der Waals surface area (Å²) in [6, 6.07) is 0. The molecule has 1 aromatic heterocycles. The zero-order chi connectivity index (χ0) is 38.2. The van der Waals surface area contributed by atoms with Crippen LogP contribution in [0.4, 0.5) is 19.2 Å². The molecule has 1 heterocycles. The Bertz CT molecular complexity index is 1140. The van der Waals surface area contributed by atoms with Crippen molar-refractivity contribution in [3.63, 3.8) is 0 Å². The van der Waals surface area contributed by atoms with Crippen LogP contribution in [-0.4, -0.2) is 96.2 Å². The van der Waals surface area contributed by atoms with Crippen LogP contribution in [0.25, 0.3) is 0 Å². The third-order valence-corrected chi connectivity index (χ3v) is 5.25. The zero-order valence-electron chi connectivity index (χ0n) is 31.6. The van der Waals surface area contributed by atoms with Crippen molar-refractivity contribution in [1.29, 1.82) is 0 Å². The van der Waals surface area contributed by atoms with Crippen LogP contribution in [0.15, 0.2) is 4.52 Å². The molecular weight excluding hydrogens is 644 g/mol. The molecule has 0 fully saturated rings. The summed E-state index contributed by atoms with van der Waals surface area (Å²) in [4.78, 5) is 62.9. The van der Waals surface area contributed by atoms with Crippen molar-refractivity contribution in [3.05, 3.63) is 11.7 Å². The van der Waals surface area contributed by atoms with E-state index in [1.807, 2.05) is 6.92 Å². The van der Waals surface area contributed by atoms with Crippen LogP contribution in [0.2, 0.25) is 0 Å². The van der Waals surface area contributed by atoms with Crippen molar-refractivity contribution in [2.24, 2.45) is 5.92 Å². The first-order valence-corrected chi connectivity index (χ1v) is 16.0. The van der Waals surface area contributed by atoms with E-state index in [0.717, 1.165) is 0 Å². The first-order valence-electron chi connectivity index (χ1n) is 16.0. The predicted molar refractivity (Wildman–Crippen MR) is 179 cm³/mol. The number of hydrogen-bond donors (Lipinski definition) is 4. The number of carbonyl (C=O) groups excluding carboxylic acids is 5. The van der Waals surface area contributed by atoms with Gasteiger partial charge in [-0.25, -0.2) is 19.2 Å². The minimum Gasteiger partial charge on any atom is -0.469 e. The number of carbonyl (C=O) groups is 5. The smallest absolute Gasteiger partial charge is 0.407 e. The number of methoxy groups -OCH3 is 1. The molecule has 0 unspecified atom stereocenters. The van der Waals surface area contributed by atoms with Gasteiger partial charge >= 0.3 is 30.3 Å². The second kappa shape index (κ2) is 19.6. The molecule has 0 bridgehead atoms. The van der Waals surface area contributed by atoms with Gasteiger partial charge < -0.3 is 49.5 Å². The van der Waals surface area contributed by atoms with Gasteiger partial charge in [0.2, 0.25) is 5.89 Å². The second-order valence-corrected chi connectivity index (χ2v) is 14.9. The number of hydrogen-bond acceptors (Lipinski definition) is 13. The lowest BCUT2D eigenvalue weighted by Crippen LogP contribution is -2.43. The summed E-state index contributed by atoms with van der Waals surface area (Å²) >= 11 is 0.